The second-order valence-electron chi connectivity index (χ2n) is 8.06. The van der Waals surface area contributed by atoms with Crippen molar-refractivity contribution in [2.75, 3.05) is 7.11 Å². The molecule has 2 aromatic heterocycles. The number of aromatic nitrogens is 5. The molecule has 180 valence electrons. The molecule has 9 nitrogen and oxygen atoms in total. The van der Waals surface area contributed by atoms with Gasteiger partial charge in [-0.15, -0.1) is 5.10 Å². The molecule has 0 saturated heterocycles. The number of carbonyl (C=O) groups is 1. The summed E-state index contributed by atoms with van der Waals surface area (Å²) in [6, 6.07) is 25.0. The molecule has 0 aliphatic heterocycles. The number of carbonyl (C=O) groups excluding carboxylic acids is 1. The zero-order valence-corrected chi connectivity index (χ0v) is 19.5. The normalized spacial score (nSPS) is 10.8. The van der Waals surface area contributed by atoms with Crippen molar-refractivity contribution < 1.29 is 19.0 Å². The van der Waals surface area contributed by atoms with Crippen LogP contribution in [0.3, 0.4) is 0 Å². The molecule has 3 aromatic carbocycles. The largest absolute Gasteiger partial charge is 0.488 e. The van der Waals surface area contributed by atoms with Gasteiger partial charge in [0.15, 0.2) is 5.82 Å². The lowest BCUT2D eigenvalue weighted by molar-refractivity contribution is 0.0595. The van der Waals surface area contributed by atoms with Crippen molar-refractivity contribution in [3.8, 4) is 11.5 Å². The average Bonchev–Trinajstić information content (AvgIpc) is 3.44. The van der Waals surface area contributed by atoms with E-state index in [-0.39, 0.29) is 6.61 Å². The number of methoxy groups -OCH3 is 1. The highest BCUT2D eigenvalue weighted by Crippen LogP contribution is 2.24. The van der Waals surface area contributed by atoms with Crippen molar-refractivity contribution >= 4 is 16.9 Å². The smallest absolute Gasteiger partial charge is 0.341 e. The second-order valence-corrected chi connectivity index (χ2v) is 8.06. The summed E-state index contributed by atoms with van der Waals surface area (Å²) in [6.07, 6.45) is 0.452. The number of H-pyrrole nitrogens is 1. The van der Waals surface area contributed by atoms with Crippen LogP contribution in [0.25, 0.3) is 10.9 Å². The molecule has 36 heavy (non-hydrogen) atoms. The maximum Gasteiger partial charge on any atom is 0.341 e. The highest BCUT2D eigenvalue weighted by molar-refractivity contribution is 5.92. The average molecular weight is 482 g/mol. The summed E-state index contributed by atoms with van der Waals surface area (Å²) in [5.41, 5.74) is 3.92. The number of fused-ring (bicyclic) bond motifs is 1. The summed E-state index contributed by atoms with van der Waals surface area (Å²) >= 11 is 0. The number of hydrogen-bond acceptors (Lipinski definition) is 8. The van der Waals surface area contributed by atoms with Gasteiger partial charge >= 0.3 is 5.97 Å². The van der Waals surface area contributed by atoms with Crippen molar-refractivity contribution in [3.05, 3.63) is 107 Å². The van der Waals surface area contributed by atoms with E-state index in [0.29, 0.717) is 30.2 Å². The number of pyridine rings is 1. The topological polar surface area (TPSA) is 112 Å². The zero-order valence-electron chi connectivity index (χ0n) is 19.5. The number of nitrogens with zero attached hydrogens (tertiary/aromatic N) is 4. The van der Waals surface area contributed by atoms with Gasteiger partial charge in [0.05, 0.1) is 18.3 Å². The Balaban J connectivity index is 1.21. The molecule has 0 spiro atoms. The SMILES string of the molecule is COC(=O)c1cc(Cc2nnn[nH]2)ccc1OCc1ccc(OCc2ccc3ccccc3n2)cc1. The minimum absolute atomic E-state index is 0.280. The number of tetrazole rings is 1. The van der Waals surface area contributed by atoms with Crippen LogP contribution >= 0.6 is 0 Å². The molecule has 5 rings (SSSR count). The Morgan fingerprint density at radius 1 is 0.889 bits per heavy atom. The molecule has 9 heteroatoms. The zero-order chi connectivity index (χ0) is 24.7. The Morgan fingerprint density at radius 3 is 2.53 bits per heavy atom. The minimum atomic E-state index is -0.478. The number of aromatic amines is 1. The third-order valence-electron chi connectivity index (χ3n) is 5.57. The first kappa shape index (κ1) is 23.0. The highest BCUT2D eigenvalue weighted by Gasteiger charge is 2.15. The molecule has 0 fully saturated rings. The Bertz CT molecular complexity index is 1470. The Morgan fingerprint density at radius 2 is 1.72 bits per heavy atom. The Labute approximate surface area is 207 Å². The maximum absolute atomic E-state index is 12.3. The third kappa shape index (κ3) is 5.47. The van der Waals surface area contributed by atoms with Gasteiger partial charge in [0, 0.05) is 11.8 Å². The van der Waals surface area contributed by atoms with E-state index in [0.717, 1.165) is 33.5 Å². The lowest BCUT2D eigenvalue weighted by Gasteiger charge is -2.12. The van der Waals surface area contributed by atoms with Crippen LogP contribution < -0.4 is 9.47 Å². The molecule has 0 saturated carbocycles. The molecular weight excluding hydrogens is 458 g/mol. The molecule has 2 heterocycles. The number of hydrogen-bond donors (Lipinski definition) is 1. The van der Waals surface area contributed by atoms with Crippen molar-refractivity contribution in [1.29, 1.82) is 0 Å². The van der Waals surface area contributed by atoms with Crippen LogP contribution in [0, 0.1) is 0 Å². The number of nitrogens with one attached hydrogen (secondary N) is 1. The van der Waals surface area contributed by atoms with Crippen LogP contribution in [-0.4, -0.2) is 38.7 Å². The van der Waals surface area contributed by atoms with Gasteiger partial charge in [-0.1, -0.05) is 42.5 Å². The minimum Gasteiger partial charge on any atom is -0.488 e. The molecule has 0 bridgehead atoms. The summed E-state index contributed by atoms with van der Waals surface area (Å²) < 4.78 is 16.8. The quantitative estimate of drug-likeness (QED) is 0.311. The van der Waals surface area contributed by atoms with Crippen LogP contribution in [-0.2, 0) is 24.4 Å². The molecular formula is C27H23N5O4. The van der Waals surface area contributed by atoms with Crippen LogP contribution in [0.2, 0.25) is 0 Å². The monoisotopic (exact) mass is 481 g/mol. The summed E-state index contributed by atoms with van der Waals surface area (Å²) in [7, 11) is 1.34. The molecule has 0 aliphatic rings. The first-order valence-electron chi connectivity index (χ1n) is 11.3. The van der Waals surface area contributed by atoms with Gasteiger partial charge in [-0.2, -0.15) is 0 Å². The molecule has 0 unspecified atom stereocenters. The van der Waals surface area contributed by atoms with Crippen LogP contribution in [0.5, 0.6) is 11.5 Å². The summed E-state index contributed by atoms with van der Waals surface area (Å²) in [5.74, 6) is 1.28. The van der Waals surface area contributed by atoms with Gasteiger partial charge < -0.3 is 14.2 Å². The van der Waals surface area contributed by atoms with Gasteiger partial charge in [0.2, 0.25) is 0 Å². The fraction of sp³-hybridized carbons (Fsp3) is 0.148. The fourth-order valence-electron chi connectivity index (χ4n) is 3.72. The predicted molar refractivity (Wildman–Crippen MR) is 132 cm³/mol. The van der Waals surface area contributed by atoms with E-state index >= 15 is 0 Å². The Kier molecular flexibility index (Phi) is 6.79. The number of ether oxygens (including phenoxy) is 3. The van der Waals surface area contributed by atoms with Crippen molar-refractivity contribution in [2.45, 2.75) is 19.6 Å². The summed E-state index contributed by atoms with van der Waals surface area (Å²) in [6.45, 7) is 0.654. The first-order valence-corrected chi connectivity index (χ1v) is 11.3. The summed E-state index contributed by atoms with van der Waals surface area (Å²) in [5, 5.41) is 14.8. The maximum atomic E-state index is 12.3. The predicted octanol–water partition coefficient (Wildman–Crippen LogP) is 4.28. The van der Waals surface area contributed by atoms with Gasteiger partial charge in [-0.3, -0.25) is 0 Å². The van der Waals surface area contributed by atoms with Crippen LogP contribution in [0.1, 0.15) is 33.0 Å². The fourth-order valence-corrected chi connectivity index (χ4v) is 3.72. The van der Waals surface area contributed by atoms with Crippen LogP contribution in [0.4, 0.5) is 0 Å². The molecule has 5 aromatic rings. The molecule has 0 aliphatic carbocycles. The molecule has 0 atom stereocenters. The molecule has 1 N–H and O–H groups in total. The lowest BCUT2D eigenvalue weighted by Crippen LogP contribution is -2.07. The second kappa shape index (κ2) is 10.6. The molecule has 0 amide bonds. The van der Waals surface area contributed by atoms with Gasteiger partial charge in [-0.05, 0) is 58.0 Å². The van der Waals surface area contributed by atoms with E-state index in [1.165, 1.54) is 7.11 Å². The number of para-hydroxylation sites is 1. The van der Waals surface area contributed by atoms with Crippen molar-refractivity contribution in [2.24, 2.45) is 0 Å². The number of esters is 1. The van der Waals surface area contributed by atoms with Crippen molar-refractivity contribution in [3.63, 3.8) is 0 Å². The standard InChI is InChI=1S/C27H23N5O4/c1-34-27(33)23-14-19(15-26-29-31-32-30-26)8-13-25(23)36-16-18-6-11-22(12-7-18)35-17-21-10-9-20-4-2-3-5-24(20)28-21/h2-14H,15-17H2,1H3,(H,29,30,31,32). The van der Waals surface area contributed by atoms with Crippen LogP contribution in [0.15, 0.2) is 78.9 Å². The van der Waals surface area contributed by atoms with E-state index in [4.69, 9.17) is 14.2 Å². The van der Waals surface area contributed by atoms with E-state index in [9.17, 15) is 4.79 Å². The number of benzene rings is 3. The van der Waals surface area contributed by atoms with Gasteiger partial charge in [0.1, 0.15) is 30.3 Å². The van der Waals surface area contributed by atoms with E-state index in [1.54, 1.807) is 12.1 Å². The lowest BCUT2D eigenvalue weighted by atomic mass is 10.1. The van der Waals surface area contributed by atoms with Gasteiger partial charge in [0.25, 0.3) is 0 Å². The first-order chi connectivity index (χ1) is 17.7. The highest BCUT2D eigenvalue weighted by atomic mass is 16.5. The van der Waals surface area contributed by atoms with E-state index < -0.39 is 5.97 Å². The number of rotatable bonds is 9. The van der Waals surface area contributed by atoms with E-state index in [1.807, 2.05) is 66.7 Å². The Hall–Kier alpha value is -4.79. The van der Waals surface area contributed by atoms with Crippen molar-refractivity contribution in [1.82, 2.24) is 25.6 Å². The van der Waals surface area contributed by atoms with E-state index in [2.05, 4.69) is 25.6 Å². The third-order valence-corrected chi connectivity index (χ3v) is 5.57. The van der Waals surface area contributed by atoms with Gasteiger partial charge in [-0.25, -0.2) is 14.9 Å². The summed E-state index contributed by atoms with van der Waals surface area (Å²) in [4.78, 5) is 17.0. The molecule has 0 radical (unpaired) electrons.